The lowest BCUT2D eigenvalue weighted by Gasteiger charge is -2.03. The molecule has 0 bridgehead atoms. The Hall–Kier alpha value is -0.910. The van der Waals surface area contributed by atoms with E-state index in [1.807, 2.05) is 6.92 Å². The maximum Gasteiger partial charge on any atom is 0.303 e. The minimum absolute atomic E-state index is 0.0986. The predicted molar refractivity (Wildman–Crippen MR) is 62.7 cm³/mol. The number of aliphatic carboxylic acids is 1. The van der Waals surface area contributed by atoms with E-state index in [1.54, 1.807) is 0 Å². The summed E-state index contributed by atoms with van der Waals surface area (Å²) >= 11 is 0. The van der Waals surface area contributed by atoms with Crippen LogP contribution in [0.5, 0.6) is 0 Å². The van der Waals surface area contributed by atoms with Crippen LogP contribution in [0.2, 0.25) is 0 Å². The molecule has 0 rings (SSSR count). The van der Waals surface area contributed by atoms with Gasteiger partial charge in [-0.05, 0) is 12.8 Å². The molecule has 0 aromatic rings. The summed E-state index contributed by atoms with van der Waals surface area (Å²) in [6, 6.07) is 0. The van der Waals surface area contributed by atoms with E-state index in [0.29, 0.717) is 37.3 Å². The van der Waals surface area contributed by atoms with Gasteiger partial charge in [-0.1, -0.05) is 6.92 Å². The molecule has 5 nitrogen and oxygen atoms in total. The number of rotatable bonds is 9. The Morgan fingerprint density at radius 2 is 1.88 bits per heavy atom. The number of amides is 1. The summed E-state index contributed by atoms with van der Waals surface area (Å²) in [5.41, 5.74) is 0. The fourth-order valence-corrected chi connectivity index (χ4v) is 1.72. The van der Waals surface area contributed by atoms with Crippen molar-refractivity contribution >= 4 is 22.7 Å². The Bertz CT molecular complexity index is 255. The Labute approximate surface area is 98.1 Å². The van der Waals surface area contributed by atoms with Gasteiger partial charge in [-0.25, -0.2) is 0 Å². The molecule has 0 aromatic carbocycles. The number of carboxylic acids is 1. The van der Waals surface area contributed by atoms with Gasteiger partial charge in [0.2, 0.25) is 5.91 Å². The molecule has 16 heavy (non-hydrogen) atoms. The number of unbranched alkanes of at least 4 members (excludes halogenated alkanes) is 1. The molecule has 0 spiro atoms. The highest BCUT2D eigenvalue weighted by Gasteiger charge is 2.03. The maximum absolute atomic E-state index is 11.2. The molecule has 0 aliphatic heterocycles. The summed E-state index contributed by atoms with van der Waals surface area (Å²) in [6.07, 6.45) is 1.54. The smallest absolute Gasteiger partial charge is 0.303 e. The first kappa shape index (κ1) is 15.1. The van der Waals surface area contributed by atoms with E-state index in [4.69, 9.17) is 5.11 Å². The maximum atomic E-state index is 11.2. The fraction of sp³-hybridized carbons (Fsp3) is 0.800. The topological polar surface area (TPSA) is 83.5 Å². The standard InChI is InChI=1S/C10H19NO4S/c1-2-16(15)8-7-11-9(12)5-3-4-6-10(13)14/h2-8H2,1H3,(H,11,12)(H,13,14). The second kappa shape index (κ2) is 9.33. The first-order valence-electron chi connectivity index (χ1n) is 5.39. The van der Waals surface area contributed by atoms with E-state index in [2.05, 4.69) is 5.32 Å². The van der Waals surface area contributed by atoms with Gasteiger partial charge in [0.05, 0.1) is 0 Å². The highest BCUT2D eigenvalue weighted by atomic mass is 32.2. The molecule has 1 atom stereocenters. The van der Waals surface area contributed by atoms with Crippen molar-refractivity contribution in [3.63, 3.8) is 0 Å². The molecule has 0 aromatic heterocycles. The minimum Gasteiger partial charge on any atom is -0.481 e. The Morgan fingerprint density at radius 3 is 2.44 bits per heavy atom. The zero-order chi connectivity index (χ0) is 12.4. The average molecular weight is 249 g/mol. The molecule has 0 aliphatic carbocycles. The van der Waals surface area contributed by atoms with E-state index in [0.717, 1.165) is 0 Å². The summed E-state index contributed by atoms with van der Waals surface area (Å²) in [5.74, 6) is 0.156. The van der Waals surface area contributed by atoms with Gasteiger partial charge in [-0.3, -0.25) is 13.8 Å². The van der Waals surface area contributed by atoms with Crippen molar-refractivity contribution in [1.82, 2.24) is 5.32 Å². The van der Waals surface area contributed by atoms with Crippen molar-refractivity contribution < 1.29 is 18.9 Å². The van der Waals surface area contributed by atoms with Crippen molar-refractivity contribution in [2.75, 3.05) is 18.1 Å². The fourth-order valence-electron chi connectivity index (χ4n) is 1.10. The molecule has 2 N–H and O–H groups in total. The molecule has 1 unspecified atom stereocenters. The lowest BCUT2D eigenvalue weighted by atomic mass is 10.2. The molecule has 0 aliphatic rings. The lowest BCUT2D eigenvalue weighted by molar-refractivity contribution is -0.137. The first-order chi connectivity index (χ1) is 7.56. The summed E-state index contributed by atoms with van der Waals surface area (Å²) in [7, 11) is -0.849. The SMILES string of the molecule is CCS(=O)CCNC(=O)CCCCC(=O)O. The molecule has 0 saturated carbocycles. The molecule has 94 valence electrons. The van der Waals surface area contributed by atoms with Gasteiger partial charge in [-0.2, -0.15) is 0 Å². The van der Waals surface area contributed by atoms with Crippen molar-refractivity contribution in [2.24, 2.45) is 0 Å². The van der Waals surface area contributed by atoms with Crippen LogP contribution < -0.4 is 5.32 Å². The molecular weight excluding hydrogens is 230 g/mol. The highest BCUT2D eigenvalue weighted by Crippen LogP contribution is 1.99. The van der Waals surface area contributed by atoms with E-state index < -0.39 is 16.8 Å². The number of carbonyl (C=O) groups is 2. The number of nitrogens with one attached hydrogen (secondary N) is 1. The van der Waals surface area contributed by atoms with Gasteiger partial charge in [0.15, 0.2) is 0 Å². The molecule has 0 fully saturated rings. The lowest BCUT2D eigenvalue weighted by Crippen LogP contribution is -2.27. The molecule has 0 radical (unpaired) electrons. The van der Waals surface area contributed by atoms with Gasteiger partial charge in [-0.15, -0.1) is 0 Å². The van der Waals surface area contributed by atoms with E-state index >= 15 is 0 Å². The van der Waals surface area contributed by atoms with Crippen LogP contribution in [0.1, 0.15) is 32.6 Å². The number of carboxylic acid groups (broad SMARTS) is 1. The summed E-state index contributed by atoms with van der Waals surface area (Å²) in [5, 5.41) is 11.0. The van der Waals surface area contributed by atoms with Crippen LogP contribution in [0.25, 0.3) is 0 Å². The molecular formula is C10H19NO4S. The van der Waals surface area contributed by atoms with E-state index in [-0.39, 0.29) is 12.3 Å². The van der Waals surface area contributed by atoms with Crippen LogP contribution in [-0.2, 0) is 20.4 Å². The van der Waals surface area contributed by atoms with Crippen LogP contribution in [0.3, 0.4) is 0 Å². The second-order valence-electron chi connectivity index (χ2n) is 3.38. The zero-order valence-corrected chi connectivity index (χ0v) is 10.3. The zero-order valence-electron chi connectivity index (χ0n) is 9.53. The van der Waals surface area contributed by atoms with E-state index in [9.17, 15) is 13.8 Å². The summed E-state index contributed by atoms with van der Waals surface area (Å²) in [4.78, 5) is 21.4. The molecule has 0 saturated heterocycles. The Balaban J connectivity index is 3.38. The largest absolute Gasteiger partial charge is 0.481 e. The second-order valence-corrected chi connectivity index (χ2v) is 5.25. The van der Waals surface area contributed by atoms with Crippen LogP contribution in [0, 0.1) is 0 Å². The third kappa shape index (κ3) is 9.64. The van der Waals surface area contributed by atoms with Gasteiger partial charge < -0.3 is 10.4 Å². The minimum atomic E-state index is -0.849. The van der Waals surface area contributed by atoms with Crippen LogP contribution in [-0.4, -0.2) is 39.2 Å². The van der Waals surface area contributed by atoms with Crippen LogP contribution >= 0.6 is 0 Å². The highest BCUT2D eigenvalue weighted by molar-refractivity contribution is 7.84. The predicted octanol–water partition coefficient (Wildman–Crippen LogP) is 0.516. The summed E-state index contributed by atoms with van der Waals surface area (Å²) in [6.45, 7) is 2.27. The van der Waals surface area contributed by atoms with Crippen molar-refractivity contribution in [3.8, 4) is 0 Å². The first-order valence-corrected chi connectivity index (χ1v) is 6.88. The van der Waals surface area contributed by atoms with Gasteiger partial charge in [0.25, 0.3) is 0 Å². The third-order valence-electron chi connectivity index (χ3n) is 2.02. The van der Waals surface area contributed by atoms with Gasteiger partial charge in [0, 0.05) is 41.7 Å². The quantitative estimate of drug-likeness (QED) is 0.583. The Morgan fingerprint density at radius 1 is 1.25 bits per heavy atom. The Kier molecular flexibility index (Phi) is 8.80. The van der Waals surface area contributed by atoms with Crippen molar-refractivity contribution in [1.29, 1.82) is 0 Å². The van der Waals surface area contributed by atoms with E-state index in [1.165, 1.54) is 0 Å². The average Bonchev–Trinajstić information content (AvgIpc) is 2.24. The van der Waals surface area contributed by atoms with Crippen molar-refractivity contribution in [2.45, 2.75) is 32.6 Å². The normalized spacial score (nSPS) is 12.1. The number of hydrogen-bond donors (Lipinski definition) is 2. The van der Waals surface area contributed by atoms with Gasteiger partial charge >= 0.3 is 5.97 Å². The van der Waals surface area contributed by atoms with Crippen LogP contribution in [0.15, 0.2) is 0 Å². The van der Waals surface area contributed by atoms with Gasteiger partial charge in [0.1, 0.15) is 0 Å². The number of carbonyl (C=O) groups excluding carboxylic acids is 1. The molecule has 0 heterocycles. The number of hydrogen-bond acceptors (Lipinski definition) is 3. The third-order valence-corrected chi connectivity index (χ3v) is 3.32. The molecule has 1 amide bonds. The van der Waals surface area contributed by atoms with Crippen LogP contribution in [0.4, 0.5) is 0 Å². The van der Waals surface area contributed by atoms with Crippen molar-refractivity contribution in [3.05, 3.63) is 0 Å². The monoisotopic (exact) mass is 249 g/mol. The molecule has 6 heteroatoms. The summed E-state index contributed by atoms with van der Waals surface area (Å²) < 4.78 is 11.0.